The van der Waals surface area contributed by atoms with E-state index in [1.165, 1.54) is 52.4 Å². The first kappa shape index (κ1) is 21.7. The van der Waals surface area contributed by atoms with Crippen LogP contribution in [0, 0.1) is 0 Å². The van der Waals surface area contributed by atoms with Gasteiger partial charge in [0.2, 0.25) is 15.9 Å². The Balaban J connectivity index is 2.39. The van der Waals surface area contributed by atoms with Crippen LogP contribution in [-0.2, 0) is 14.8 Å². The fourth-order valence-corrected chi connectivity index (χ4v) is 3.71. The highest BCUT2D eigenvalue weighted by Gasteiger charge is 2.23. The number of rotatable bonds is 6. The normalized spacial score (nSPS) is 11.2. The Morgan fingerprint density at radius 2 is 1.75 bits per heavy atom. The van der Waals surface area contributed by atoms with E-state index >= 15 is 0 Å². The number of ether oxygens (including phenoxy) is 1. The third kappa shape index (κ3) is 4.80. The molecule has 0 aliphatic rings. The van der Waals surface area contributed by atoms with E-state index in [1.807, 2.05) is 0 Å². The summed E-state index contributed by atoms with van der Waals surface area (Å²) in [6.45, 7) is 1.36. The van der Waals surface area contributed by atoms with Crippen LogP contribution in [0.5, 0.6) is 5.75 Å². The van der Waals surface area contributed by atoms with E-state index < -0.39 is 15.9 Å². The summed E-state index contributed by atoms with van der Waals surface area (Å²) in [6.07, 6.45) is 0. The Labute approximate surface area is 168 Å². The Kier molecular flexibility index (Phi) is 6.65. The molecule has 0 saturated carbocycles. The van der Waals surface area contributed by atoms with Crippen LogP contribution < -0.4 is 15.4 Å². The number of nitrogens with one attached hydrogen (secondary N) is 2. The van der Waals surface area contributed by atoms with E-state index in [0.29, 0.717) is 17.1 Å². The van der Waals surface area contributed by atoms with Crippen molar-refractivity contribution in [3.05, 3.63) is 47.0 Å². The summed E-state index contributed by atoms with van der Waals surface area (Å²) < 4.78 is 31.0. The molecule has 0 spiro atoms. The highest BCUT2D eigenvalue weighted by Crippen LogP contribution is 2.29. The molecule has 10 heteroatoms. The predicted octanol–water partition coefficient (Wildman–Crippen LogP) is 2.81. The molecule has 2 N–H and O–H groups in total. The van der Waals surface area contributed by atoms with Gasteiger partial charge in [0.1, 0.15) is 10.6 Å². The van der Waals surface area contributed by atoms with Crippen LogP contribution in [0.1, 0.15) is 17.3 Å². The number of anilines is 2. The molecule has 0 aliphatic carbocycles. The van der Waals surface area contributed by atoms with E-state index in [-0.39, 0.29) is 21.4 Å². The second kappa shape index (κ2) is 8.59. The van der Waals surface area contributed by atoms with Gasteiger partial charge in [0, 0.05) is 32.3 Å². The number of hydrogen-bond acceptors (Lipinski definition) is 5. The lowest BCUT2D eigenvalue weighted by Crippen LogP contribution is -2.23. The van der Waals surface area contributed by atoms with Crippen molar-refractivity contribution in [3.63, 3.8) is 0 Å². The topological polar surface area (TPSA) is 105 Å². The zero-order valence-electron chi connectivity index (χ0n) is 15.7. The molecular weight excluding hydrogens is 406 g/mol. The number of hydrogen-bond donors (Lipinski definition) is 2. The minimum absolute atomic E-state index is 0.00971. The van der Waals surface area contributed by atoms with Gasteiger partial charge in [-0.15, -0.1) is 0 Å². The van der Waals surface area contributed by atoms with Crippen molar-refractivity contribution in [2.24, 2.45) is 0 Å². The van der Waals surface area contributed by atoms with Crippen LogP contribution in [0.2, 0.25) is 5.02 Å². The summed E-state index contributed by atoms with van der Waals surface area (Å²) in [7, 11) is 0.361. The Morgan fingerprint density at radius 3 is 2.32 bits per heavy atom. The molecule has 2 aromatic rings. The molecule has 0 fully saturated rings. The monoisotopic (exact) mass is 425 g/mol. The van der Waals surface area contributed by atoms with Gasteiger partial charge in [-0.05, 0) is 36.4 Å². The highest BCUT2D eigenvalue weighted by atomic mass is 35.5. The molecule has 0 unspecified atom stereocenters. The molecule has 8 nitrogen and oxygen atoms in total. The number of carbonyl (C=O) groups excluding carboxylic acids is 2. The van der Waals surface area contributed by atoms with Gasteiger partial charge in [0.05, 0.1) is 17.8 Å². The van der Waals surface area contributed by atoms with Gasteiger partial charge < -0.3 is 15.4 Å². The number of sulfonamides is 1. The van der Waals surface area contributed by atoms with Crippen LogP contribution in [0.15, 0.2) is 41.3 Å². The summed E-state index contributed by atoms with van der Waals surface area (Å²) in [5, 5.41) is 5.27. The quantitative estimate of drug-likeness (QED) is 0.740. The van der Waals surface area contributed by atoms with Gasteiger partial charge in [-0.1, -0.05) is 11.6 Å². The molecule has 0 aromatic heterocycles. The van der Waals surface area contributed by atoms with Gasteiger partial charge >= 0.3 is 0 Å². The number of amides is 2. The maximum absolute atomic E-state index is 12.7. The average molecular weight is 426 g/mol. The number of halogens is 1. The van der Waals surface area contributed by atoms with Crippen LogP contribution in [0.3, 0.4) is 0 Å². The molecule has 150 valence electrons. The average Bonchev–Trinajstić information content (AvgIpc) is 2.61. The molecule has 0 heterocycles. The summed E-state index contributed by atoms with van der Waals surface area (Å²) in [4.78, 5) is 23.7. The minimum Gasteiger partial charge on any atom is -0.495 e. The Hall–Kier alpha value is -2.62. The smallest absolute Gasteiger partial charge is 0.255 e. The molecule has 2 aromatic carbocycles. The fourth-order valence-electron chi connectivity index (χ4n) is 2.32. The van der Waals surface area contributed by atoms with Crippen molar-refractivity contribution in [2.45, 2.75) is 11.8 Å². The molecule has 28 heavy (non-hydrogen) atoms. The highest BCUT2D eigenvalue weighted by molar-refractivity contribution is 7.89. The van der Waals surface area contributed by atoms with Crippen molar-refractivity contribution < 1.29 is 22.7 Å². The summed E-state index contributed by atoms with van der Waals surface area (Å²) in [6, 6.07) is 8.71. The minimum atomic E-state index is -3.82. The van der Waals surface area contributed by atoms with Crippen molar-refractivity contribution >= 4 is 44.8 Å². The zero-order chi connectivity index (χ0) is 21.1. The van der Waals surface area contributed by atoms with Crippen molar-refractivity contribution in [3.8, 4) is 5.75 Å². The summed E-state index contributed by atoms with van der Waals surface area (Å²) in [5.74, 6) is -0.457. The van der Waals surface area contributed by atoms with Gasteiger partial charge in [0.15, 0.2) is 0 Å². The van der Waals surface area contributed by atoms with Gasteiger partial charge in [0.25, 0.3) is 5.91 Å². The van der Waals surface area contributed by atoms with E-state index in [1.54, 1.807) is 12.1 Å². The SMILES string of the molecule is COc1ccc(NC(C)=O)cc1NC(=O)c1ccc(Cl)c(S(=O)(=O)N(C)C)c1. The van der Waals surface area contributed by atoms with Crippen LogP contribution in [0.4, 0.5) is 11.4 Å². The first-order valence-electron chi connectivity index (χ1n) is 8.05. The van der Waals surface area contributed by atoms with Crippen LogP contribution >= 0.6 is 11.6 Å². The van der Waals surface area contributed by atoms with E-state index in [2.05, 4.69) is 10.6 Å². The largest absolute Gasteiger partial charge is 0.495 e. The third-order valence-corrected chi connectivity index (χ3v) is 6.02. The second-order valence-corrected chi connectivity index (χ2v) is 8.51. The maximum Gasteiger partial charge on any atom is 0.255 e. The first-order valence-corrected chi connectivity index (χ1v) is 9.87. The van der Waals surface area contributed by atoms with Crippen molar-refractivity contribution in [2.75, 3.05) is 31.8 Å². The van der Waals surface area contributed by atoms with Gasteiger partial charge in [-0.25, -0.2) is 12.7 Å². The standard InChI is InChI=1S/C18H20ClN3O5S/c1-11(23)20-13-6-8-16(27-4)15(10-13)21-18(24)12-5-7-14(19)17(9-12)28(25,26)22(2)3/h5-10H,1-4H3,(H,20,23)(H,21,24). The number of nitrogens with zero attached hydrogens (tertiary/aromatic N) is 1. The Morgan fingerprint density at radius 1 is 1.07 bits per heavy atom. The zero-order valence-corrected chi connectivity index (χ0v) is 17.3. The number of carbonyl (C=O) groups is 2. The molecule has 0 bridgehead atoms. The molecule has 2 rings (SSSR count). The van der Waals surface area contributed by atoms with Crippen LogP contribution in [-0.4, -0.2) is 45.7 Å². The summed E-state index contributed by atoms with van der Waals surface area (Å²) in [5.41, 5.74) is 0.873. The first-order chi connectivity index (χ1) is 13.1. The van der Waals surface area contributed by atoms with Gasteiger partial charge in [-0.2, -0.15) is 0 Å². The lowest BCUT2D eigenvalue weighted by Gasteiger charge is -2.15. The third-order valence-electron chi connectivity index (χ3n) is 3.72. The van der Waals surface area contributed by atoms with Crippen LogP contribution in [0.25, 0.3) is 0 Å². The molecule has 2 amide bonds. The van der Waals surface area contributed by atoms with Gasteiger partial charge in [-0.3, -0.25) is 9.59 Å². The molecule has 0 saturated heterocycles. The number of benzene rings is 2. The van der Waals surface area contributed by atoms with Crippen molar-refractivity contribution in [1.82, 2.24) is 4.31 Å². The van der Waals surface area contributed by atoms with E-state index in [0.717, 1.165) is 4.31 Å². The van der Waals surface area contributed by atoms with E-state index in [4.69, 9.17) is 16.3 Å². The number of methoxy groups -OCH3 is 1. The Bertz CT molecular complexity index is 1020. The lowest BCUT2D eigenvalue weighted by atomic mass is 10.2. The second-order valence-electron chi connectivity index (χ2n) is 5.98. The fraction of sp³-hybridized carbons (Fsp3) is 0.222. The predicted molar refractivity (Wildman–Crippen MR) is 108 cm³/mol. The van der Waals surface area contributed by atoms with E-state index in [9.17, 15) is 18.0 Å². The molecular formula is C18H20ClN3O5S. The molecule has 0 aliphatic heterocycles. The van der Waals surface area contributed by atoms with Crippen molar-refractivity contribution in [1.29, 1.82) is 0 Å². The molecule has 0 atom stereocenters. The maximum atomic E-state index is 12.7. The lowest BCUT2D eigenvalue weighted by molar-refractivity contribution is -0.114. The molecule has 0 radical (unpaired) electrons. The summed E-state index contributed by atoms with van der Waals surface area (Å²) >= 11 is 6.01.